The van der Waals surface area contributed by atoms with Crippen molar-refractivity contribution in [3.63, 3.8) is 0 Å². The van der Waals surface area contributed by atoms with Gasteiger partial charge in [0.15, 0.2) is 28.4 Å². The molecular weight excluding hydrogens is 637 g/mol. The van der Waals surface area contributed by atoms with Crippen LogP contribution in [-0.4, -0.2) is 31.9 Å². The number of anilines is 1. The average Bonchev–Trinajstić information content (AvgIpc) is 3.54. The molecule has 42 heavy (non-hydrogen) atoms. The van der Waals surface area contributed by atoms with Crippen LogP contribution in [0.1, 0.15) is 41.5 Å². The largest absolute Gasteiger partial charge is 0.318 e. The zero-order chi connectivity index (χ0) is 31.7. The van der Waals surface area contributed by atoms with Crippen molar-refractivity contribution in [1.82, 2.24) is 9.55 Å². The van der Waals surface area contributed by atoms with Crippen LogP contribution in [0.3, 0.4) is 0 Å². The predicted octanol–water partition coefficient (Wildman–Crippen LogP) is 6.29. The van der Waals surface area contributed by atoms with Gasteiger partial charge in [-0.1, -0.05) is 0 Å². The van der Waals surface area contributed by atoms with E-state index < -0.39 is 48.9 Å². The van der Waals surface area contributed by atoms with Gasteiger partial charge >= 0.3 is 0 Å². The van der Waals surface area contributed by atoms with E-state index in [1.54, 1.807) is 42.3 Å². The number of hydrogen-bond acceptors (Lipinski definition) is 7. The van der Waals surface area contributed by atoms with Crippen molar-refractivity contribution in [3.8, 4) is 0 Å². The Bertz CT molecular complexity index is 1840. The molecule has 0 fully saturated rings. The Morgan fingerprint density at radius 3 is 1.81 bits per heavy atom. The van der Waals surface area contributed by atoms with E-state index in [9.17, 15) is 34.4 Å². The van der Waals surface area contributed by atoms with Crippen molar-refractivity contribution in [3.05, 3.63) is 87.6 Å². The van der Waals surface area contributed by atoms with Crippen molar-refractivity contribution in [2.75, 3.05) is 4.31 Å². The Labute approximate surface area is 249 Å². The van der Waals surface area contributed by atoms with Gasteiger partial charge in [-0.15, -0.1) is 27.1 Å². The summed E-state index contributed by atoms with van der Waals surface area (Å²) in [4.78, 5) is 3.59. The molecule has 0 bridgehead atoms. The molecule has 0 amide bonds. The highest BCUT2D eigenvalue weighted by Crippen LogP contribution is 2.33. The molecule has 0 aliphatic heterocycles. The van der Waals surface area contributed by atoms with E-state index in [-0.39, 0.29) is 25.3 Å². The molecule has 4 rings (SSSR count). The standard InChI is InChI=1S/2C13H14F2N2O2S2/c1-13(2,3)17-6-7-20-12(17)16-21(18,19)9-4-5-10(14)11(15)8-9;1-13(2,3)17(12-16-6-7-20-12)21(18,19)9-4-5-10(14)11(15)8-9/h2*4-8H,1-3H3. The zero-order valence-corrected chi connectivity index (χ0v) is 26.6. The summed E-state index contributed by atoms with van der Waals surface area (Å²) in [6.07, 6.45) is 3.21. The molecule has 0 aliphatic rings. The van der Waals surface area contributed by atoms with Crippen molar-refractivity contribution in [1.29, 1.82) is 0 Å². The number of rotatable bonds is 5. The van der Waals surface area contributed by atoms with Crippen molar-refractivity contribution >= 4 is 47.9 Å². The van der Waals surface area contributed by atoms with Crippen LogP contribution in [0.4, 0.5) is 22.7 Å². The van der Waals surface area contributed by atoms with E-state index in [2.05, 4.69) is 9.38 Å². The minimum Gasteiger partial charge on any atom is -0.318 e. The number of benzene rings is 2. The fourth-order valence-corrected chi connectivity index (χ4v) is 8.40. The van der Waals surface area contributed by atoms with E-state index in [0.29, 0.717) is 12.1 Å². The highest BCUT2D eigenvalue weighted by molar-refractivity contribution is 7.93. The molecule has 0 spiro atoms. The van der Waals surface area contributed by atoms with Crippen LogP contribution in [0, 0.1) is 23.3 Å². The molecule has 4 aromatic rings. The first-order chi connectivity index (χ1) is 19.2. The molecule has 228 valence electrons. The normalized spacial score (nSPS) is 13.0. The van der Waals surface area contributed by atoms with Crippen LogP contribution in [0.15, 0.2) is 73.7 Å². The summed E-state index contributed by atoms with van der Waals surface area (Å²) in [5.41, 5.74) is -1.15. The zero-order valence-electron chi connectivity index (χ0n) is 23.3. The molecule has 2 aromatic heterocycles. The summed E-state index contributed by atoms with van der Waals surface area (Å²) in [6, 6.07) is 4.90. The number of aromatic nitrogens is 2. The van der Waals surface area contributed by atoms with E-state index in [1.807, 2.05) is 20.8 Å². The summed E-state index contributed by atoms with van der Waals surface area (Å²) in [5.74, 6) is -4.62. The summed E-state index contributed by atoms with van der Waals surface area (Å²) in [6.45, 7) is 10.8. The average molecular weight is 665 g/mol. The first-order valence-electron chi connectivity index (χ1n) is 12.1. The van der Waals surface area contributed by atoms with Crippen LogP contribution in [0.2, 0.25) is 0 Å². The number of halogens is 4. The highest BCUT2D eigenvalue weighted by Gasteiger charge is 2.36. The van der Waals surface area contributed by atoms with Gasteiger partial charge in [0.2, 0.25) is 4.80 Å². The first kappa shape index (κ1) is 33.4. The second-order valence-electron chi connectivity index (χ2n) is 10.7. The minimum absolute atomic E-state index is 0.271. The number of thiazole rings is 2. The van der Waals surface area contributed by atoms with E-state index in [0.717, 1.165) is 51.2 Å². The number of nitrogens with zero attached hydrogens (tertiary/aromatic N) is 4. The maximum atomic E-state index is 13.3. The van der Waals surface area contributed by atoms with Gasteiger partial charge in [0.25, 0.3) is 20.0 Å². The van der Waals surface area contributed by atoms with E-state index in [1.165, 1.54) is 6.20 Å². The van der Waals surface area contributed by atoms with Gasteiger partial charge in [-0.05, 0) is 77.9 Å². The van der Waals surface area contributed by atoms with E-state index >= 15 is 0 Å². The van der Waals surface area contributed by atoms with Gasteiger partial charge in [0.1, 0.15) is 0 Å². The van der Waals surface area contributed by atoms with Crippen LogP contribution in [0.25, 0.3) is 0 Å². The summed E-state index contributed by atoms with van der Waals surface area (Å²) in [5, 5.41) is 3.63. The highest BCUT2D eigenvalue weighted by atomic mass is 32.2. The fraction of sp³-hybridized carbons (Fsp3) is 0.308. The van der Waals surface area contributed by atoms with Gasteiger partial charge in [0, 0.05) is 28.7 Å². The Morgan fingerprint density at radius 2 is 1.33 bits per heavy atom. The third-order valence-corrected chi connectivity index (χ3v) is 10.4. The quantitative estimate of drug-likeness (QED) is 0.234. The molecule has 0 unspecified atom stereocenters. The lowest BCUT2D eigenvalue weighted by Gasteiger charge is -2.34. The monoisotopic (exact) mass is 664 g/mol. The van der Waals surface area contributed by atoms with Crippen LogP contribution < -0.4 is 9.11 Å². The maximum Gasteiger partial charge on any atom is 0.285 e. The van der Waals surface area contributed by atoms with Crippen LogP contribution >= 0.6 is 22.7 Å². The van der Waals surface area contributed by atoms with Gasteiger partial charge in [0.05, 0.1) is 15.3 Å². The van der Waals surface area contributed by atoms with Gasteiger partial charge < -0.3 is 4.57 Å². The Morgan fingerprint density at radius 1 is 0.786 bits per heavy atom. The molecule has 0 atom stereocenters. The molecule has 0 radical (unpaired) electrons. The fourth-order valence-electron chi connectivity index (χ4n) is 3.45. The molecular formula is C26H28F4N4O4S4. The Kier molecular flexibility index (Phi) is 9.76. The molecule has 0 N–H and O–H groups in total. The third-order valence-electron chi connectivity index (χ3n) is 5.33. The lowest BCUT2D eigenvalue weighted by molar-refractivity contribution is 0.388. The first-order valence-corrected chi connectivity index (χ1v) is 16.7. The summed E-state index contributed by atoms with van der Waals surface area (Å²) >= 11 is 2.31. The lowest BCUT2D eigenvalue weighted by Crippen LogP contribution is -2.45. The van der Waals surface area contributed by atoms with Gasteiger partial charge in [-0.3, -0.25) is 0 Å². The molecule has 0 saturated heterocycles. The summed E-state index contributed by atoms with van der Waals surface area (Å²) in [7, 11) is -8.14. The van der Waals surface area contributed by atoms with Gasteiger partial charge in [-0.2, -0.15) is 8.42 Å². The predicted molar refractivity (Wildman–Crippen MR) is 154 cm³/mol. The molecule has 8 nitrogen and oxygen atoms in total. The SMILES string of the molecule is CC(C)(C)N(c1nccs1)S(=O)(=O)c1ccc(F)c(F)c1.CC(C)(C)n1ccsc1=NS(=O)(=O)c1ccc(F)c(F)c1. The molecule has 0 saturated carbocycles. The van der Waals surface area contributed by atoms with Crippen molar-refractivity contribution < 1.29 is 34.4 Å². The van der Waals surface area contributed by atoms with E-state index in [4.69, 9.17) is 0 Å². The topological polar surface area (TPSA) is 102 Å². The van der Waals surface area contributed by atoms with Gasteiger partial charge in [-0.25, -0.2) is 35.3 Å². The van der Waals surface area contributed by atoms with Crippen molar-refractivity contribution in [2.24, 2.45) is 4.40 Å². The lowest BCUT2D eigenvalue weighted by atomic mass is 10.1. The Hall–Kier alpha value is -3.08. The van der Waals surface area contributed by atoms with Crippen LogP contribution in [-0.2, 0) is 25.6 Å². The molecule has 2 aromatic carbocycles. The smallest absolute Gasteiger partial charge is 0.285 e. The molecule has 0 aliphatic carbocycles. The van der Waals surface area contributed by atoms with Crippen molar-refractivity contribution in [2.45, 2.75) is 62.4 Å². The number of hydrogen-bond donors (Lipinski definition) is 0. The third kappa shape index (κ3) is 7.65. The molecule has 2 heterocycles. The number of sulfonamides is 2. The Balaban J connectivity index is 0.000000230. The summed E-state index contributed by atoms with van der Waals surface area (Å²) < 4.78 is 109. The minimum atomic E-state index is -4.10. The van der Waals surface area contributed by atoms with Crippen LogP contribution in [0.5, 0.6) is 0 Å². The second-order valence-corrected chi connectivity index (χ2v) is 15.8. The molecule has 16 heteroatoms. The second kappa shape index (κ2) is 12.3. The maximum absolute atomic E-state index is 13.3.